The Bertz CT molecular complexity index is 1560. The van der Waals surface area contributed by atoms with E-state index in [0.29, 0.717) is 49.1 Å². The van der Waals surface area contributed by atoms with E-state index in [-0.39, 0.29) is 30.3 Å². The van der Waals surface area contributed by atoms with Gasteiger partial charge in [-0.3, -0.25) is 4.79 Å². The Kier molecular flexibility index (Phi) is 10.6. The fourth-order valence-corrected chi connectivity index (χ4v) is 8.36. The summed E-state index contributed by atoms with van der Waals surface area (Å²) in [5.41, 5.74) is 2.99. The van der Waals surface area contributed by atoms with Crippen LogP contribution in [0.15, 0.2) is 72.3 Å². The molecule has 1 heterocycles. The fraction of sp³-hybridized carbons (Fsp3) is 0.487. The molecule has 3 aromatic rings. The van der Waals surface area contributed by atoms with Crippen molar-refractivity contribution in [2.45, 2.75) is 110 Å². The molecule has 0 radical (unpaired) electrons. The molecule has 0 spiro atoms. The van der Waals surface area contributed by atoms with E-state index >= 15 is 0 Å². The van der Waals surface area contributed by atoms with Crippen LogP contribution in [0.25, 0.3) is 0 Å². The Hall–Kier alpha value is -3.26. The van der Waals surface area contributed by atoms with E-state index < -0.39 is 17.1 Å². The summed E-state index contributed by atoms with van der Waals surface area (Å²) in [5, 5.41) is 26.8. The normalized spacial score (nSPS) is 25.1. The number of hydrogen-bond donors (Lipinski definition) is 3. The number of thiophene rings is 1. The number of ketones is 1. The van der Waals surface area contributed by atoms with Crippen LogP contribution in [0.4, 0.5) is 4.79 Å². The molecular formula is C39H50N2O4S. The molecule has 0 saturated heterocycles. The van der Waals surface area contributed by atoms with Crippen LogP contribution in [0.3, 0.4) is 0 Å². The molecule has 6 nitrogen and oxygen atoms in total. The Morgan fingerprint density at radius 3 is 2.50 bits per heavy atom. The molecule has 3 N–H and O–H groups in total. The van der Waals surface area contributed by atoms with Gasteiger partial charge in [-0.15, -0.1) is 11.3 Å². The molecule has 7 heteroatoms. The first-order chi connectivity index (χ1) is 21.9. The van der Waals surface area contributed by atoms with E-state index in [1.807, 2.05) is 69.3 Å². The van der Waals surface area contributed by atoms with Crippen LogP contribution in [-0.4, -0.2) is 51.2 Å². The second-order valence-corrected chi connectivity index (χ2v) is 15.4. The number of allylic oxidation sites excluding steroid dienone is 2. The maximum absolute atomic E-state index is 14.2. The van der Waals surface area contributed by atoms with Crippen LogP contribution < -0.4 is 5.32 Å². The molecule has 3 aliphatic rings. The first-order valence-electron chi connectivity index (χ1n) is 16.8. The highest BCUT2D eigenvalue weighted by molar-refractivity contribution is 7.14. The van der Waals surface area contributed by atoms with E-state index in [0.717, 1.165) is 34.4 Å². The van der Waals surface area contributed by atoms with Crippen molar-refractivity contribution in [3.8, 4) is 0 Å². The van der Waals surface area contributed by atoms with Gasteiger partial charge in [0.2, 0.25) is 5.78 Å². The number of rotatable bonds is 7. The van der Waals surface area contributed by atoms with Gasteiger partial charge >= 0.3 is 6.03 Å². The third-order valence-electron chi connectivity index (χ3n) is 10.2. The average molecular weight is 643 g/mol. The van der Waals surface area contributed by atoms with Crippen LogP contribution in [0.5, 0.6) is 0 Å². The minimum absolute atomic E-state index is 0.00733. The topological polar surface area (TPSA) is 89.9 Å². The van der Waals surface area contributed by atoms with Crippen molar-refractivity contribution in [1.29, 1.82) is 0 Å². The number of aryl methyl sites for hydroxylation is 1. The number of hydrogen-bond acceptors (Lipinski definition) is 5. The summed E-state index contributed by atoms with van der Waals surface area (Å²) in [6.45, 7) is 10.8. The van der Waals surface area contributed by atoms with Crippen molar-refractivity contribution in [2.75, 3.05) is 6.54 Å². The summed E-state index contributed by atoms with van der Waals surface area (Å²) >= 11 is 1.50. The molecule has 2 aromatic carbocycles. The zero-order chi connectivity index (χ0) is 33.1. The predicted octanol–water partition coefficient (Wildman–Crippen LogP) is 7.95. The van der Waals surface area contributed by atoms with Gasteiger partial charge in [0, 0.05) is 28.4 Å². The SMILES string of the molecule is CC1=CCC[C@@]2(C)[C@@H](CC[C@@]2(O)CN(Cc2ccccc2)C(=O)NC(C)C)c2ccc(cc2C(=O)c2ccc(C)s2)C[C@@H](O)CC1. The zero-order valence-electron chi connectivity index (χ0n) is 28.0. The second kappa shape index (κ2) is 14.2. The number of benzene rings is 2. The van der Waals surface area contributed by atoms with Gasteiger partial charge in [0.15, 0.2) is 0 Å². The van der Waals surface area contributed by atoms with Crippen LogP contribution in [0.2, 0.25) is 0 Å². The fourth-order valence-electron chi connectivity index (χ4n) is 7.54. The molecule has 2 bridgehead atoms. The summed E-state index contributed by atoms with van der Waals surface area (Å²) in [6, 6.07) is 19.7. The molecule has 246 valence electrons. The number of carbonyl (C=O) groups excluding carboxylic acids is 2. The standard InChI is InChI=1S/C39H50N2O4S/c1-26(2)40-37(44)41(24-29-11-7-6-8-12-29)25-39(45)21-19-34-32-17-15-30(23-33(32)36(43)35-18-14-28(4)46-35)22-31(42)16-13-27(3)10-9-20-38(34,39)5/h6-8,10-12,14-15,17-18,23,26,31,34,42,45H,9,13,16,19-22,24-25H2,1-5H3,(H,40,44)/t31-,34-,38-,39+/m0/s1. The largest absolute Gasteiger partial charge is 0.393 e. The van der Waals surface area contributed by atoms with E-state index in [1.165, 1.54) is 16.9 Å². The Labute approximate surface area is 278 Å². The molecule has 46 heavy (non-hydrogen) atoms. The highest BCUT2D eigenvalue weighted by Gasteiger charge is 2.57. The Morgan fingerprint density at radius 2 is 1.80 bits per heavy atom. The number of aliphatic hydroxyl groups is 2. The van der Waals surface area contributed by atoms with Gasteiger partial charge in [0.05, 0.1) is 23.1 Å². The monoisotopic (exact) mass is 642 g/mol. The summed E-state index contributed by atoms with van der Waals surface area (Å²) in [4.78, 5) is 31.3. The smallest absolute Gasteiger partial charge is 0.317 e. The molecule has 0 unspecified atom stereocenters. The number of fused-ring (bicyclic) bond motifs is 8. The Morgan fingerprint density at radius 1 is 1.04 bits per heavy atom. The maximum atomic E-state index is 14.2. The lowest BCUT2D eigenvalue weighted by molar-refractivity contribution is -0.0781. The van der Waals surface area contributed by atoms with Crippen molar-refractivity contribution >= 4 is 23.2 Å². The third-order valence-corrected chi connectivity index (χ3v) is 11.2. The van der Waals surface area contributed by atoms with Crippen molar-refractivity contribution in [1.82, 2.24) is 10.2 Å². The summed E-state index contributed by atoms with van der Waals surface area (Å²) in [5.74, 6) is -0.105. The first kappa shape index (κ1) is 34.1. The predicted molar refractivity (Wildman–Crippen MR) is 186 cm³/mol. The van der Waals surface area contributed by atoms with E-state index in [4.69, 9.17) is 0 Å². The number of carbonyl (C=O) groups is 2. The molecular weight excluding hydrogens is 593 g/mol. The molecule has 1 fully saturated rings. The van der Waals surface area contributed by atoms with E-state index in [9.17, 15) is 19.8 Å². The van der Waals surface area contributed by atoms with Crippen molar-refractivity contribution < 1.29 is 19.8 Å². The summed E-state index contributed by atoms with van der Waals surface area (Å²) in [6.07, 6.45) is 6.38. The molecule has 6 rings (SSSR count). The summed E-state index contributed by atoms with van der Waals surface area (Å²) in [7, 11) is 0. The lowest BCUT2D eigenvalue weighted by Gasteiger charge is -2.46. The number of nitrogens with one attached hydrogen (secondary N) is 1. The van der Waals surface area contributed by atoms with Gasteiger partial charge in [0.25, 0.3) is 0 Å². The van der Waals surface area contributed by atoms with Crippen molar-refractivity contribution in [3.63, 3.8) is 0 Å². The van der Waals surface area contributed by atoms with Crippen molar-refractivity contribution in [3.05, 3.63) is 104 Å². The summed E-state index contributed by atoms with van der Waals surface area (Å²) < 4.78 is 0. The van der Waals surface area contributed by atoms with Gasteiger partial charge < -0.3 is 20.4 Å². The lowest BCUT2D eigenvalue weighted by atomic mass is 9.64. The first-order valence-corrected chi connectivity index (χ1v) is 17.6. The Balaban J connectivity index is 1.59. The van der Waals surface area contributed by atoms with Crippen LogP contribution in [0.1, 0.15) is 109 Å². The molecule has 3 aliphatic carbocycles. The number of aliphatic hydroxyl groups excluding tert-OH is 1. The van der Waals surface area contributed by atoms with Crippen LogP contribution in [0, 0.1) is 12.3 Å². The molecule has 0 aliphatic heterocycles. The van der Waals surface area contributed by atoms with Crippen LogP contribution >= 0.6 is 11.3 Å². The van der Waals surface area contributed by atoms with Gasteiger partial charge in [-0.25, -0.2) is 4.79 Å². The van der Waals surface area contributed by atoms with E-state index in [1.54, 1.807) is 4.90 Å². The van der Waals surface area contributed by atoms with Gasteiger partial charge in [-0.05, 0) is 113 Å². The van der Waals surface area contributed by atoms with Gasteiger partial charge in [0.1, 0.15) is 0 Å². The number of amides is 2. The minimum atomic E-state index is -1.19. The minimum Gasteiger partial charge on any atom is -0.393 e. The quantitative estimate of drug-likeness (QED) is 0.180. The second-order valence-electron chi connectivity index (χ2n) is 14.1. The molecule has 1 aromatic heterocycles. The third kappa shape index (κ3) is 7.48. The highest BCUT2D eigenvalue weighted by atomic mass is 32.1. The maximum Gasteiger partial charge on any atom is 0.317 e. The molecule has 1 saturated carbocycles. The van der Waals surface area contributed by atoms with Gasteiger partial charge in [-0.2, -0.15) is 0 Å². The van der Waals surface area contributed by atoms with Crippen molar-refractivity contribution in [2.24, 2.45) is 5.41 Å². The highest BCUT2D eigenvalue weighted by Crippen LogP contribution is 2.59. The number of nitrogens with zero attached hydrogens (tertiary/aromatic N) is 1. The zero-order valence-corrected chi connectivity index (χ0v) is 28.8. The van der Waals surface area contributed by atoms with Gasteiger partial charge in [-0.1, -0.05) is 61.0 Å². The average Bonchev–Trinajstić information content (AvgIpc) is 3.55. The van der Waals surface area contributed by atoms with Crippen LogP contribution in [-0.2, 0) is 13.0 Å². The molecule has 4 atom stereocenters. The number of urea groups is 1. The van der Waals surface area contributed by atoms with E-state index in [2.05, 4.69) is 37.4 Å². The lowest BCUT2D eigenvalue weighted by Crippen LogP contribution is -2.55. The molecule has 2 amide bonds.